The molecule has 3 heteroatoms. The van der Waals surface area contributed by atoms with Crippen molar-refractivity contribution in [1.29, 1.82) is 0 Å². The molecule has 58 valence electrons. The second kappa shape index (κ2) is 2.91. The zero-order valence-electron chi connectivity index (χ0n) is 5.77. The molecule has 0 atom stereocenters. The van der Waals surface area contributed by atoms with Crippen molar-refractivity contribution in [2.75, 3.05) is 5.33 Å². The Morgan fingerprint density at radius 1 is 1.60 bits per heavy atom. The number of carboxylic acids is 1. The smallest absolute Gasteiger partial charge is 0.309 e. The van der Waals surface area contributed by atoms with E-state index in [1.165, 1.54) is 0 Å². The number of halogens is 1. The Kier molecular flexibility index (Phi) is 2.34. The third-order valence-electron chi connectivity index (χ3n) is 2.10. The lowest BCUT2D eigenvalue weighted by Crippen LogP contribution is -2.14. The third-order valence-corrected chi connectivity index (χ3v) is 2.66. The summed E-state index contributed by atoms with van der Waals surface area (Å²) < 4.78 is 0. The van der Waals surface area contributed by atoms with E-state index in [2.05, 4.69) is 15.9 Å². The molecular weight excluding hydrogens is 196 g/mol. The van der Waals surface area contributed by atoms with Gasteiger partial charge in [-0.15, -0.1) is 0 Å². The molecule has 0 aromatic heterocycles. The van der Waals surface area contributed by atoms with E-state index < -0.39 is 5.97 Å². The summed E-state index contributed by atoms with van der Waals surface area (Å²) in [5.74, 6) is -0.603. The number of aliphatic carboxylic acids is 1. The van der Waals surface area contributed by atoms with Crippen molar-refractivity contribution in [3.8, 4) is 0 Å². The van der Waals surface area contributed by atoms with Crippen molar-refractivity contribution in [2.45, 2.75) is 25.7 Å². The zero-order valence-corrected chi connectivity index (χ0v) is 7.35. The molecule has 0 aromatic rings. The van der Waals surface area contributed by atoms with Gasteiger partial charge in [-0.25, -0.2) is 0 Å². The molecule has 0 aliphatic heterocycles. The Hall–Kier alpha value is -0.0500. The first-order valence-electron chi connectivity index (χ1n) is 3.51. The number of carboxylic acid groups (broad SMARTS) is 1. The van der Waals surface area contributed by atoms with Crippen LogP contribution in [0.5, 0.6) is 0 Å². The summed E-state index contributed by atoms with van der Waals surface area (Å²) >= 11 is 3.29. The van der Waals surface area contributed by atoms with Crippen LogP contribution in [0.15, 0.2) is 0 Å². The summed E-state index contributed by atoms with van der Waals surface area (Å²) in [6, 6.07) is 0. The average molecular weight is 207 g/mol. The molecule has 0 aromatic carbocycles. The van der Waals surface area contributed by atoms with E-state index in [9.17, 15) is 4.79 Å². The predicted molar refractivity (Wildman–Crippen MR) is 42.3 cm³/mol. The van der Waals surface area contributed by atoms with Crippen LogP contribution in [-0.2, 0) is 4.79 Å². The first-order chi connectivity index (χ1) is 4.71. The molecule has 0 bridgehead atoms. The molecule has 10 heavy (non-hydrogen) atoms. The summed E-state index contributed by atoms with van der Waals surface area (Å²) in [7, 11) is 0. The molecule has 0 saturated heterocycles. The maximum atomic E-state index is 10.6. The first kappa shape index (κ1) is 8.05. The molecule has 0 amide bonds. The van der Waals surface area contributed by atoms with Gasteiger partial charge in [0.25, 0.3) is 0 Å². The van der Waals surface area contributed by atoms with Crippen molar-refractivity contribution in [3.05, 3.63) is 0 Å². The molecule has 1 aliphatic carbocycles. The molecule has 0 unspecified atom stereocenters. The molecule has 1 saturated carbocycles. The standard InChI is InChI=1S/C7H11BrO2/c8-5-1-2-7(3-4-7)6(9)10/h1-5H2,(H,9,10). The molecule has 1 aliphatic rings. The van der Waals surface area contributed by atoms with Crippen LogP contribution in [0.2, 0.25) is 0 Å². The summed E-state index contributed by atoms with van der Waals surface area (Å²) in [5.41, 5.74) is -0.312. The summed E-state index contributed by atoms with van der Waals surface area (Å²) in [6.07, 6.45) is 3.59. The highest BCUT2D eigenvalue weighted by molar-refractivity contribution is 9.09. The second-order valence-corrected chi connectivity index (χ2v) is 3.67. The van der Waals surface area contributed by atoms with Gasteiger partial charge in [0.05, 0.1) is 5.41 Å². The number of carbonyl (C=O) groups is 1. The van der Waals surface area contributed by atoms with Gasteiger partial charge >= 0.3 is 5.97 Å². The minimum atomic E-state index is -0.603. The largest absolute Gasteiger partial charge is 0.481 e. The Balaban J connectivity index is 2.31. The quantitative estimate of drug-likeness (QED) is 0.716. The Bertz CT molecular complexity index is 141. The lowest BCUT2D eigenvalue weighted by Gasteiger charge is -2.06. The Morgan fingerprint density at radius 2 is 2.20 bits per heavy atom. The fourth-order valence-electron chi connectivity index (χ4n) is 1.13. The predicted octanol–water partition coefficient (Wildman–Crippen LogP) is 2.03. The van der Waals surface area contributed by atoms with Gasteiger partial charge in [-0.05, 0) is 25.7 Å². The van der Waals surface area contributed by atoms with Crippen molar-refractivity contribution in [2.24, 2.45) is 5.41 Å². The number of hydrogen-bond acceptors (Lipinski definition) is 1. The third kappa shape index (κ3) is 1.51. The molecule has 0 radical (unpaired) electrons. The molecule has 1 fully saturated rings. The van der Waals surface area contributed by atoms with Crippen LogP contribution in [-0.4, -0.2) is 16.4 Å². The number of alkyl halides is 1. The highest BCUT2D eigenvalue weighted by Gasteiger charge is 2.49. The lowest BCUT2D eigenvalue weighted by molar-refractivity contribution is -0.143. The van der Waals surface area contributed by atoms with Gasteiger partial charge in [-0.2, -0.15) is 0 Å². The minimum Gasteiger partial charge on any atom is -0.481 e. The van der Waals surface area contributed by atoms with Gasteiger partial charge in [0, 0.05) is 5.33 Å². The van der Waals surface area contributed by atoms with E-state index in [0.29, 0.717) is 0 Å². The molecule has 0 spiro atoms. The van der Waals surface area contributed by atoms with Crippen LogP contribution >= 0.6 is 15.9 Å². The summed E-state index contributed by atoms with van der Waals surface area (Å²) in [5, 5.41) is 9.63. The van der Waals surface area contributed by atoms with Gasteiger partial charge in [0.2, 0.25) is 0 Å². The van der Waals surface area contributed by atoms with E-state index in [4.69, 9.17) is 5.11 Å². The van der Waals surface area contributed by atoms with Crippen LogP contribution in [0.25, 0.3) is 0 Å². The second-order valence-electron chi connectivity index (χ2n) is 2.88. The van der Waals surface area contributed by atoms with Crippen molar-refractivity contribution in [3.63, 3.8) is 0 Å². The van der Waals surface area contributed by atoms with Gasteiger partial charge in [-0.3, -0.25) is 4.79 Å². The summed E-state index contributed by atoms with van der Waals surface area (Å²) in [6.45, 7) is 0. The number of hydrogen-bond donors (Lipinski definition) is 1. The fourth-order valence-corrected chi connectivity index (χ4v) is 1.41. The van der Waals surface area contributed by atoms with Crippen molar-refractivity contribution >= 4 is 21.9 Å². The molecule has 1 rings (SSSR count). The normalized spacial score (nSPS) is 20.5. The van der Waals surface area contributed by atoms with E-state index in [-0.39, 0.29) is 5.41 Å². The summed E-state index contributed by atoms with van der Waals surface area (Å²) in [4.78, 5) is 10.6. The van der Waals surface area contributed by atoms with Crippen LogP contribution in [0.4, 0.5) is 0 Å². The molecular formula is C7H11BrO2. The SMILES string of the molecule is O=C(O)C1(CCCBr)CC1. The Morgan fingerprint density at radius 3 is 2.50 bits per heavy atom. The van der Waals surface area contributed by atoms with E-state index in [1.807, 2.05) is 0 Å². The van der Waals surface area contributed by atoms with Crippen LogP contribution in [0, 0.1) is 5.41 Å². The van der Waals surface area contributed by atoms with Gasteiger partial charge in [0.1, 0.15) is 0 Å². The van der Waals surface area contributed by atoms with E-state index in [1.54, 1.807) is 0 Å². The number of rotatable bonds is 4. The zero-order chi connectivity index (χ0) is 7.61. The first-order valence-corrected chi connectivity index (χ1v) is 4.63. The van der Waals surface area contributed by atoms with Gasteiger partial charge < -0.3 is 5.11 Å². The monoisotopic (exact) mass is 206 g/mol. The topological polar surface area (TPSA) is 37.3 Å². The minimum absolute atomic E-state index is 0.312. The maximum Gasteiger partial charge on any atom is 0.309 e. The van der Waals surface area contributed by atoms with Crippen LogP contribution in [0.1, 0.15) is 25.7 Å². The highest BCUT2D eigenvalue weighted by Crippen LogP contribution is 2.49. The van der Waals surface area contributed by atoms with Crippen LogP contribution in [0.3, 0.4) is 0 Å². The van der Waals surface area contributed by atoms with Crippen molar-refractivity contribution < 1.29 is 9.90 Å². The molecule has 2 nitrogen and oxygen atoms in total. The van der Waals surface area contributed by atoms with E-state index >= 15 is 0 Å². The molecule has 0 heterocycles. The van der Waals surface area contributed by atoms with Crippen molar-refractivity contribution in [1.82, 2.24) is 0 Å². The van der Waals surface area contributed by atoms with Gasteiger partial charge in [-0.1, -0.05) is 15.9 Å². The Labute approximate surface area is 68.7 Å². The van der Waals surface area contributed by atoms with Gasteiger partial charge in [0.15, 0.2) is 0 Å². The highest BCUT2D eigenvalue weighted by atomic mass is 79.9. The fraction of sp³-hybridized carbons (Fsp3) is 0.857. The van der Waals surface area contributed by atoms with E-state index in [0.717, 1.165) is 31.0 Å². The van der Waals surface area contributed by atoms with Crippen LogP contribution < -0.4 is 0 Å². The maximum absolute atomic E-state index is 10.6. The average Bonchev–Trinajstić information content (AvgIpc) is 2.64. The lowest BCUT2D eigenvalue weighted by atomic mass is 10.0. The molecule has 1 N–H and O–H groups in total.